The summed E-state index contributed by atoms with van der Waals surface area (Å²) in [5.41, 5.74) is 0.891. The first-order valence-corrected chi connectivity index (χ1v) is 10.4. The van der Waals surface area contributed by atoms with E-state index in [1.807, 2.05) is 19.1 Å². The molecule has 1 saturated heterocycles. The fourth-order valence-electron chi connectivity index (χ4n) is 4.26. The highest BCUT2D eigenvalue weighted by molar-refractivity contribution is 5.79. The Labute approximate surface area is 157 Å². The number of unbranched alkanes of at least 4 members (excludes halogenated alkanes) is 1. The molecule has 5 nitrogen and oxygen atoms in total. The van der Waals surface area contributed by atoms with Gasteiger partial charge < -0.3 is 9.64 Å². The third-order valence-corrected chi connectivity index (χ3v) is 5.98. The van der Waals surface area contributed by atoms with Gasteiger partial charge in [-0.05, 0) is 44.6 Å². The molecule has 0 N–H and O–H groups in total. The number of amides is 1. The predicted octanol–water partition coefficient (Wildman–Crippen LogP) is 4.15. The van der Waals surface area contributed by atoms with Crippen LogP contribution in [0, 0.1) is 18.8 Å². The number of hydrogen-bond donors (Lipinski definition) is 0. The standard InChI is InChI=1S/C21H33N3O2/c1-3-4-5-17-7-9-18(10-8-17)21(25)24-14-12-19(13-15-24)26-20-11-6-16(2)22-23-20/h6,11,17-19H,3-5,7-10,12-15H2,1-2H3. The lowest BCUT2D eigenvalue weighted by Gasteiger charge is -2.36. The van der Waals surface area contributed by atoms with Gasteiger partial charge in [-0.3, -0.25) is 4.79 Å². The van der Waals surface area contributed by atoms with E-state index >= 15 is 0 Å². The molecule has 1 aromatic heterocycles. The number of aromatic nitrogens is 2. The molecular formula is C21H33N3O2. The Morgan fingerprint density at radius 1 is 1.12 bits per heavy atom. The minimum Gasteiger partial charge on any atom is -0.473 e. The Morgan fingerprint density at radius 2 is 1.85 bits per heavy atom. The van der Waals surface area contributed by atoms with Gasteiger partial charge in [-0.25, -0.2) is 0 Å². The molecule has 0 bridgehead atoms. The van der Waals surface area contributed by atoms with Gasteiger partial charge in [0.05, 0.1) is 5.69 Å². The lowest BCUT2D eigenvalue weighted by molar-refractivity contribution is -0.138. The topological polar surface area (TPSA) is 55.3 Å². The van der Waals surface area contributed by atoms with Gasteiger partial charge in [0.2, 0.25) is 11.8 Å². The van der Waals surface area contributed by atoms with Gasteiger partial charge in [0, 0.05) is 37.9 Å². The summed E-state index contributed by atoms with van der Waals surface area (Å²) in [4.78, 5) is 14.9. The molecule has 2 heterocycles. The molecular weight excluding hydrogens is 326 g/mol. The van der Waals surface area contributed by atoms with Gasteiger partial charge in [-0.2, -0.15) is 5.10 Å². The summed E-state index contributed by atoms with van der Waals surface area (Å²) < 4.78 is 5.92. The van der Waals surface area contributed by atoms with E-state index in [9.17, 15) is 4.79 Å². The molecule has 2 fully saturated rings. The highest BCUT2D eigenvalue weighted by atomic mass is 16.5. The smallest absolute Gasteiger partial charge is 0.233 e. The number of hydrogen-bond acceptors (Lipinski definition) is 4. The van der Waals surface area contributed by atoms with Crippen molar-refractivity contribution in [2.75, 3.05) is 13.1 Å². The molecule has 2 aliphatic rings. The van der Waals surface area contributed by atoms with E-state index in [1.165, 1.54) is 32.1 Å². The van der Waals surface area contributed by atoms with Crippen molar-refractivity contribution in [3.05, 3.63) is 17.8 Å². The van der Waals surface area contributed by atoms with Crippen molar-refractivity contribution in [3.8, 4) is 5.88 Å². The highest BCUT2D eigenvalue weighted by Crippen LogP contribution is 2.33. The summed E-state index contributed by atoms with van der Waals surface area (Å²) in [6.45, 7) is 5.78. The van der Waals surface area contributed by atoms with Gasteiger partial charge in [-0.1, -0.05) is 26.2 Å². The number of aryl methyl sites for hydroxylation is 1. The lowest BCUT2D eigenvalue weighted by Crippen LogP contribution is -2.45. The molecule has 26 heavy (non-hydrogen) atoms. The van der Waals surface area contributed by atoms with Crippen molar-refractivity contribution >= 4 is 5.91 Å². The zero-order valence-electron chi connectivity index (χ0n) is 16.3. The maximum Gasteiger partial charge on any atom is 0.233 e. The summed E-state index contributed by atoms with van der Waals surface area (Å²) >= 11 is 0. The number of likely N-dealkylation sites (tertiary alicyclic amines) is 1. The van der Waals surface area contributed by atoms with Crippen LogP contribution in [0.5, 0.6) is 5.88 Å². The summed E-state index contributed by atoms with van der Waals surface area (Å²) in [7, 11) is 0. The minimum atomic E-state index is 0.140. The van der Waals surface area contributed by atoms with E-state index in [0.29, 0.717) is 11.8 Å². The fraction of sp³-hybridized carbons (Fsp3) is 0.762. The van der Waals surface area contributed by atoms with Gasteiger partial charge in [0.15, 0.2) is 0 Å². The minimum absolute atomic E-state index is 0.140. The Kier molecular flexibility index (Phi) is 6.86. The number of rotatable bonds is 6. The van der Waals surface area contributed by atoms with Gasteiger partial charge in [0.1, 0.15) is 6.10 Å². The maximum atomic E-state index is 12.8. The third-order valence-electron chi connectivity index (χ3n) is 5.98. The van der Waals surface area contributed by atoms with Gasteiger partial charge in [0.25, 0.3) is 0 Å². The summed E-state index contributed by atoms with van der Waals surface area (Å²) in [5, 5.41) is 8.11. The maximum absolute atomic E-state index is 12.8. The monoisotopic (exact) mass is 359 g/mol. The van der Waals surface area contributed by atoms with E-state index in [4.69, 9.17) is 4.74 Å². The average Bonchev–Trinajstić information content (AvgIpc) is 2.68. The van der Waals surface area contributed by atoms with E-state index in [-0.39, 0.29) is 12.0 Å². The zero-order valence-corrected chi connectivity index (χ0v) is 16.3. The fourth-order valence-corrected chi connectivity index (χ4v) is 4.26. The number of carbonyl (C=O) groups excluding carboxylic acids is 1. The first-order valence-electron chi connectivity index (χ1n) is 10.4. The molecule has 0 unspecified atom stereocenters. The number of piperidine rings is 1. The summed E-state index contributed by atoms with van der Waals surface area (Å²) in [5.74, 6) is 2.08. The molecule has 1 aliphatic carbocycles. The van der Waals surface area contributed by atoms with Crippen molar-refractivity contribution in [2.24, 2.45) is 11.8 Å². The third kappa shape index (κ3) is 5.18. The lowest BCUT2D eigenvalue weighted by atomic mass is 9.79. The van der Waals surface area contributed by atoms with Crippen LogP contribution in [0.25, 0.3) is 0 Å². The van der Waals surface area contributed by atoms with Crippen LogP contribution in [0.2, 0.25) is 0 Å². The average molecular weight is 360 g/mol. The first-order chi connectivity index (χ1) is 12.7. The summed E-state index contributed by atoms with van der Waals surface area (Å²) in [6, 6.07) is 3.79. The highest BCUT2D eigenvalue weighted by Gasteiger charge is 2.31. The second-order valence-corrected chi connectivity index (χ2v) is 8.02. The Hall–Kier alpha value is -1.65. The van der Waals surface area contributed by atoms with Crippen LogP contribution in [0.1, 0.15) is 70.4 Å². The quantitative estimate of drug-likeness (QED) is 0.765. The molecule has 0 atom stereocenters. The Balaban J connectivity index is 1.40. The van der Waals surface area contributed by atoms with Crippen LogP contribution < -0.4 is 4.74 Å². The van der Waals surface area contributed by atoms with E-state index in [1.54, 1.807) is 0 Å². The Morgan fingerprint density at radius 3 is 2.46 bits per heavy atom. The van der Waals surface area contributed by atoms with Crippen LogP contribution in [0.15, 0.2) is 12.1 Å². The SMILES string of the molecule is CCCCC1CCC(C(=O)N2CCC(Oc3ccc(C)nn3)CC2)CC1. The van der Waals surface area contributed by atoms with Crippen molar-refractivity contribution < 1.29 is 9.53 Å². The van der Waals surface area contributed by atoms with Crippen molar-refractivity contribution in [1.29, 1.82) is 0 Å². The largest absolute Gasteiger partial charge is 0.473 e. The number of nitrogens with zero attached hydrogens (tertiary/aromatic N) is 3. The molecule has 0 spiro atoms. The second kappa shape index (κ2) is 9.33. The number of carbonyl (C=O) groups is 1. The predicted molar refractivity (Wildman–Crippen MR) is 102 cm³/mol. The van der Waals surface area contributed by atoms with Gasteiger partial charge in [-0.15, -0.1) is 5.10 Å². The van der Waals surface area contributed by atoms with Crippen LogP contribution in [-0.4, -0.2) is 40.2 Å². The summed E-state index contributed by atoms with van der Waals surface area (Å²) in [6.07, 6.45) is 10.5. The molecule has 0 aromatic carbocycles. The molecule has 1 amide bonds. The molecule has 5 heteroatoms. The normalized spacial score (nSPS) is 24.5. The molecule has 3 rings (SSSR count). The molecule has 1 saturated carbocycles. The number of ether oxygens (including phenoxy) is 1. The van der Waals surface area contributed by atoms with E-state index in [2.05, 4.69) is 22.0 Å². The molecule has 1 aliphatic heterocycles. The second-order valence-electron chi connectivity index (χ2n) is 8.02. The molecule has 1 aromatic rings. The van der Waals surface area contributed by atoms with Gasteiger partial charge >= 0.3 is 0 Å². The van der Waals surface area contributed by atoms with Crippen LogP contribution in [-0.2, 0) is 4.79 Å². The molecule has 144 valence electrons. The van der Waals surface area contributed by atoms with Crippen LogP contribution >= 0.6 is 0 Å². The van der Waals surface area contributed by atoms with E-state index in [0.717, 1.165) is 50.4 Å². The van der Waals surface area contributed by atoms with E-state index < -0.39 is 0 Å². The zero-order chi connectivity index (χ0) is 18.4. The van der Waals surface area contributed by atoms with Crippen LogP contribution in [0.3, 0.4) is 0 Å². The van der Waals surface area contributed by atoms with Crippen molar-refractivity contribution in [3.63, 3.8) is 0 Å². The van der Waals surface area contributed by atoms with Crippen molar-refractivity contribution in [1.82, 2.24) is 15.1 Å². The van der Waals surface area contributed by atoms with Crippen LogP contribution in [0.4, 0.5) is 0 Å². The first kappa shape index (κ1) is 19.1. The molecule has 0 radical (unpaired) electrons. The Bertz CT molecular complexity index is 559. The van der Waals surface area contributed by atoms with Crippen molar-refractivity contribution in [2.45, 2.75) is 77.7 Å².